The van der Waals surface area contributed by atoms with Gasteiger partial charge >= 0.3 is 0 Å². The smallest absolute Gasteiger partial charge is 0.193 e. The number of nitrogens with zero attached hydrogens (tertiary/aromatic N) is 3. The molecule has 1 saturated carbocycles. The number of aliphatic imine (C=N–C) groups is 1. The second-order valence-electron chi connectivity index (χ2n) is 6.30. The van der Waals surface area contributed by atoms with Crippen LogP contribution in [0.5, 0.6) is 0 Å². The third-order valence-electron chi connectivity index (χ3n) is 4.82. The molecule has 1 heterocycles. The second-order valence-corrected chi connectivity index (χ2v) is 6.30. The number of nitrogens with one attached hydrogen (secondary N) is 1. The van der Waals surface area contributed by atoms with Crippen LogP contribution in [-0.4, -0.2) is 76.3 Å². The summed E-state index contributed by atoms with van der Waals surface area (Å²) in [6.45, 7) is 6.09. The highest BCUT2D eigenvalue weighted by Crippen LogP contribution is 2.47. The summed E-state index contributed by atoms with van der Waals surface area (Å²) >= 11 is 0. The second kappa shape index (κ2) is 9.15. The van der Waals surface area contributed by atoms with Gasteiger partial charge in [0.1, 0.15) is 0 Å². The van der Waals surface area contributed by atoms with Crippen LogP contribution in [0.25, 0.3) is 0 Å². The fourth-order valence-electron chi connectivity index (χ4n) is 3.25. The number of halogens is 1. The maximum atomic E-state index is 5.09. The molecule has 1 saturated heterocycles. The fourth-order valence-corrected chi connectivity index (χ4v) is 3.25. The molecule has 1 aliphatic carbocycles. The zero-order valence-electron chi connectivity index (χ0n) is 13.7. The number of rotatable bonds is 6. The number of guanidine groups is 1. The van der Waals surface area contributed by atoms with Gasteiger partial charge in [0.05, 0.1) is 6.61 Å². The van der Waals surface area contributed by atoms with Crippen molar-refractivity contribution in [3.05, 3.63) is 0 Å². The summed E-state index contributed by atoms with van der Waals surface area (Å²) in [4.78, 5) is 9.16. The topological polar surface area (TPSA) is 40.1 Å². The number of ether oxygens (including phenoxy) is 1. The van der Waals surface area contributed by atoms with Crippen molar-refractivity contribution < 1.29 is 4.74 Å². The highest BCUT2D eigenvalue weighted by atomic mass is 127. The highest BCUT2D eigenvalue weighted by Gasteiger charge is 2.43. The van der Waals surface area contributed by atoms with Gasteiger partial charge < -0.3 is 19.9 Å². The van der Waals surface area contributed by atoms with E-state index in [9.17, 15) is 0 Å². The van der Waals surface area contributed by atoms with Crippen LogP contribution in [0.2, 0.25) is 0 Å². The third-order valence-corrected chi connectivity index (χ3v) is 4.82. The predicted molar refractivity (Wildman–Crippen MR) is 98.6 cm³/mol. The molecule has 0 aromatic rings. The quantitative estimate of drug-likeness (QED) is 0.411. The van der Waals surface area contributed by atoms with E-state index in [1.165, 1.54) is 38.8 Å². The van der Waals surface area contributed by atoms with Crippen molar-refractivity contribution >= 4 is 29.9 Å². The first-order chi connectivity index (χ1) is 9.69. The first-order valence-corrected chi connectivity index (χ1v) is 7.82. The molecule has 2 fully saturated rings. The summed E-state index contributed by atoms with van der Waals surface area (Å²) in [6, 6.07) is 0. The van der Waals surface area contributed by atoms with Crippen LogP contribution in [-0.2, 0) is 4.74 Å². The lowest BCUT2D eigenvalue weighted by Gasteiger charge is -2.38. The number of hydrogen-bond acceptors (Lipinski definition) is 3. The number of hydrogen-bond donors (Lipinski definition) is 1. The van der Waals surface area contributed by atoms with Crippen LogP contribution < -0.4 is 5.32 Å². The Bertz CT molecular complexity index is 334. The molecular formula is C15H31IN4O. The first-order valence-electron chi connectivity index (χ1n) is 7.82. The molecule has 2 rings (SSSR count). The van der Waals surface area contributed by atoms with Gasteiger partial charge in [-0.1, -0.05) is 6.42 Å². The van der Waals surface area contributed by atoms with E-state index in [0.717, 1.165) is 32.2 Å². The Hall–Kier alpha value is -0.0800. The standard InChI is InChI=1S/C15H30N4O.HI/c1-16-14(17-8-10-18(2)11-12-20-3)19-9-7-15(13-19)5-4-6-15;/h4-13H2,1-3H3,(H,16,17);1H. The minimum Gasteiger partial charge on any atom is -0.383 e. The molecule has 2 aliphatic rings. The normalized spacial score (nSPS) is 20.6. The Morgan fingerprint density at radius 2 is 2.10 bits per heavy atom. The van der Waals surface area contributed by atoms with Crippen molar-refractivity contribution in [1.82, 2.24) is 15.1 Å². The van der Waals surface area contributed by atoms with E-state index in [1.54, 1.807) is 7.11 Å². The monoisotopic (exact) mass is 410 g/mol. The van der Waals surface area contributed by atoms with Gasteiger partial charge in [0.25, 0.3) is 0 Å². The van der Waals surface area contributed by atoms with E-state index in [1.807, 2.05) is 7.05 Å². The van der Waals surface area contributed by atoms with E-state index in [4.69, 9.17) is 4.74 Å². The van der Waals surface area contributed by atoms with Gasteiger partial charge in [-0.2, -0.15) is 0 Å². The molecule has 0 radical (unpaired) electrons. The molecule has 0 aromatic heterocycles. The maximum Gasteiger partial charge on any atom is 0.193 e. The summed E-state index contributed by atoms with van der Waals surface area (Å²) < 4.78 is 5.09. The number of methoxy groups -OCH3 is 1. The van der Waals surface area contributed by atoms with E-state index >= 15 is 0 Å². The Morgan fingerprint density at radius 3 is 2.62 bits per heavy atom. The molecule has 0 amide bonds. The van der Waals surface area contributed by atoms with Crippen molar-refractivity contribution in [2.24, 2.45) is 10.4 Å². The van der Waals surface area contributed by atoms with Crippen molar-refractivity contribution in [3.8, 4) is 0 Å². The van der Waals surface area contributed by atoms with Crippen LogP contribution in [0.3, 0.4) is 0 Å². The van der Waals surface area contributed by atoms with E-state index in [0.29, 0.717) is 5.41 Å². The zero-order valence-corrected chi connectivity index (χ0v) is 16.1. The Labute approximate surface area is 146 Å². The average Bonchev–Trinajstić information content (AvgIpc) is 2.86. The fraction of sp³-hybridized carbons (Fsp3) is 0.933. The molecule has 21 heavy (non-hydrogen) atoms. The van der Waals surface area contributed by atoms with Gasteiger partial charge in [-0.05, 0) is 31.7 Å². The van der Waals surface area contributed by atoms with Crippen LogP contribution in [0.1, 0.15) is 25.7 Å². The van der Waals surface area contributed by atoms with Crippen LogP contribution in [0, 0.1) is 5.41 Å². The van der Waals surface area contributed by atoms with Crippen molar-refractivity contribution in [2.45, 2.75) is 25.7 Å². The minimum atomic E-state index is 0. The number of likely N-dealkylation sites (tertiary alicyclic amines) is 1. The molecule has 1 N–H and O–H groups in total. The van der Waals surface area contributed by atoms with Gasteiger partial charge in [0.2, 0.25) is 0 Å². The van der Waals surface area contributed by atoms with Crippen molar-refractivity contribution in [1.29, 1.82) is 0 Å². The lowest BCUT2D eigenvalue weighted by Crippen LogP contribution is -2.44. The molecule has 0 unspecified atom stereocenters. The SMILES string of the molecule is CN=C(NCCN(C)CCOC)N1CCC2(CCC2)C1.I. The van der Waals surface area contributed by atoms with E-state index in [-0.39, 0.29) is 24.0 Å². The summed E-state index contributed by atoms with van der Waals surface area (Å²) in [5, 5.41) is 3.50. The average molecular weight is 410 g/mol. The van der Waals surface area contributed by atoms with Gasteiger partial charge in [-0.15, -0.1) is 24.0 Å². The lowest BCUT2D eigenvalue weighted by molar-refractivity contribution is 0.151. The maximum absolute atomic E-state index is 5.09. The Balaban J connectivity index is 0.00000220. The molecule has 124 valence electrons. The van der Waals surface area contributed by atoms with Crippen LogP contribution in [0.4, 0.5) is 0 Å². The summed E-state index contributed by atoms with van der Waals surface area (Å²) in [5.74, 6) is 1.08. The first kappa shape index (κ1) is 19.0. The van der Waals surface area contributed by atoms with Crippen LogP contribution >= 0.6 is 24.0 Å². The van der Waals surface area contributed by atoms with E-state index in [2.05, 4.69) is 27.2 Å². The molecule has 1 aliphatic heterocycles. The highest BCUT2D eigenvalue weighted by molar-refractivity contribution is 14.0. The van der Waals surface area contributed by atoms with Gasteiger partial charge in [-0.3, -0.25) is 4.99 Å². The predicted octanol–water partition coefficient (Wildman–Crippen LogP) is 1.63. The van der Waals surface area contributed by atoms with Crippen molar-refractivity contribution in [2.75, 3.05) is 60.5 Å². The van der Waals surface area contributed by atoms with E-state index < -0.39 is 0 Å². The molecule has 0 atom stereocenters. The molecular weight excluding hydrogens is 379 g/mol. The van der Waals surface area contributed by atoms with Gasteiger partial charge in [0, 0.05) is 46.9 Å². The third kappa shape index (κ3) is 5.25. The zero-order chi connectivity index (χ0) is 14.4. The Kier molecular flexibility index (Phi) is 8.26. The Morgan fingerprint density at radius 1 is 1.33 bits per heavy atom. The van der Waals surface area contributed by atoms with Crippen LogP contribution in [0.15, 0.2) is 4.99 Å². The molecule has 6 heteroatoms. The van der Waals surface area contributed by atoms with Gasteiger partial charge in [0.15, 0.2) is 5.96 Å². The molecule has 5 nitrogen and oxygen atoms in total. The largest absolute Gasteiger partial charge is 0.383 e. The number of likely N-dealkylation sites (N-methyl/N-ethyl adjacent to an activating group) is 1. The van der Waals surface area contributed by atoms with Gasteiger partial charge in [-0.25, -0.2) is 0 Å². The molecule has 0 aromatic carbocycles. The molecule has 0 bridgehead atoms. The summed E-state index contributed by atoms with van der Waals surface area (Å²) in [5.41, 5.74) is 0.632. The summed E-state index contributed by atoms with van der Waals surface area (Å²) in [6.07, 6.45) is 5.60. The minimum absolute atomic E-state index is 0. The molecule has 1 spiro atoms. The van der Waals surface area contributed by atoms with Crippen molar-refractivity contribution in [3.63, 3.8) is 0 Å². The lowest BCUT2D eigenvalue weighted by atomic mass is 9.68. The summed E-state index contributed by atoms with van der Waals surface area (Å²) in [7, 11) is 5.77.